The summed E-state index contributed by atoms with van der Waals surface area (Å²) >= 11 is 3.38. The van der Waals surface area contributed by atoms with Crippen molar-refractivity contribution in [3.8, 4) is 11.1 Å². The van der Waals surface area contributed by atoms with Crippen LogP contribution in [0.1, 0.15) is 25.3 Å². The van der Waals surface area contributed by atoms with Crippen LogP contribution >= 0.6 is 15.9 Å². The van der Waals surface area contributed by atoms with Gasteiger partial charge in [0.25, 0.3) is 0 Å². The van der Waals surface area contributed by atoms with Crippen molar-refractivity contribution in [3.05, 3.63) is 46.4 Å². The van der Waals surface area contributed by atoms with Crippen molar-refractivity contribution in [1.82, 2.24) is 0 Å². The zero-order chi connectivity index (χ0) is 15.8. The van der Waals surface area contributed by atoms with E-state index in [9.17, 15) is 8.42 Å². The third-order valence-electron chi connectivity index (χ3n) is 3.25. The number of benzene rings is 2. The molecule has 0 atom stereocenters. The average molecular weight is 369 g/mol. The van der Waals surface area contributed by atoms with Crippen LogP contribution in [-0.2, 0) is 10.0 Å². The van der Waals surface area contributed by atoms with Crippen LogP contribution in [0.25, 0.3) is 11.1 Å². The first-order chi connectivity index (χ1) is 9.71. The number of rotatable bonds is 3. The van der Waals surface area contributed by atoms with Crippen LogP contribution in [0.5, 0.6) is 0 Å². The SMILES string of the molecule is CC(C)c1c(S(N)(=O)=O)ccc(N)c1-c1ccc(Br)cc1. The van der Waals surface area contributed by atoms with Crippen molar-refractivity contribution in [1.29, 1.82) is 0 Å². The number of primary sulfonamides is 1. The summed E-state index contributed by atoms with van der Waals surface area (Å²) in [6, 6.07) is 10.6. The monoisotopic (exact) mass is 368 g/mol. The molecule has 0 saturated carbocycles. The molecule has 0 aliphatic carbocycles. The van der Waals surface area contributed by atoms with E-state index in [1.807, 2.05) is 38.1 Å². The zero-order valence-electron chi connectivity index (χ0n) is 11.8. The Labute approximate surface area is 133 Å². The zero-order valence-corrected chi connectivity index (χ0v) is 14.2. The molecule has 21 heavy (non-hydrogen) atoms. The summed E-state index contributed by atoms with van der Waals surface area (Å²) in [6.07, 6.45) is 0. The van der Waals surface area contributed by atoms with Crippen LogP contribution in [0.3, 0.4) is 0 Å². The summed E-state index contributed by atoms with van der Waals surface area (Å²) in [7, 11) is -3.80. The van der Waals surface area contributed by atoms with Crippen molar-refractivity contribution < 1.29 is 8.42 Å². The van der Waals surface area contributed by atoms with Crippen molar-refractivity contribution >= 4 is 31.6 Å². The summed E-state index contributed by atoms with van der Waals surface area (Å²) < 4.78 is 24.6. The van der Waals surface area contributed by atoms with E-state index in [1.165, 1.54) is 6.07 Å². The first-order valence-electron chi connectivity index (χ1n) is 6.43. The molecule has 0 radical (unpaired) electrons. The third kappa shape index (κ3) is 3.28. The standard InChI is InChI=1S/C15H17BrN2O2S/c1-9(2)14-13(21(18,19)20)8-7-12(17)15(14)10-3-5-11(16)6-4-10/h3-9H,17H2,1-2H3,(H2,18,19,20). The molecule has 112 valence electrons. The average Bonchev–Trinajstić information content (AvgIpc) is 2.38. The van der Waals surface area contributed by atoms with Gasteiger partial charge < -0.3 is 5.73 Å². The molecule has 0 aliphatic rings. The van der Waals surface area contributed by atoms with Gasteiger partial charge >= 0.3 is 0 Å². The molecule has 2 rings (SSSR count). The number of halogens is 1. The Hall–Kier alpha value is -1.37. The topological polar surface area (TPSA) is 86.2 Å². The first kappa shape index (κ1) is 16.0. The van der Waals surface area contributed by atoms with Gasteiger partial charge in [0.15, 0.2) is 0 Å². The predicted molar refractivity (Wildman–Crippen MR) is 89.5 cm³/mol. The van der Waals surface area contributed by atoms with Crippen LogP contribution in [0.15, 0.2) is 45.8 Å². The smallest absolute Gasteiger partial charge is 0.238 e. The minimum Gasteiger partial charge on any atom is -0.398 e. The van der Waals surface area contributed by atoms with Crippen LogP contribution < -0.4 is 10.9 Å². The van der Waals surface area contributed by atoms with Crippen molar-refractivity contribution in [2.24, 2.45) is 5.14 Å². The highest BCUT2D eigenvalue weighted by Crippen LogP contribution is 2.38. The van der Waals surface area contributed by atoms with Crippen LogP contribution in [0.4, 0.5) is 5.69 Å². The van der Waals surface area contributed by atoms with Crippen molar-refractivity contribution in [2.45, 2.75) is 24.7 Å². The highest BCUT2D eigenvalue weighted by molar-refractivity contribution is 9.10. The fourth-order valence-electron chi connectivity index (χ4n) is 2.38. The molecular formula is C15H17BrN2O2S. The summed E-state index contributed by atoms with van der Waals surface area (Å²) in [5.74, 6) is -0.0273. The maximum absolute atomic E-state index is 11.8. The van der Waals surface area contributed by atoms with Crippen molar-refractivity contribution in [3.63, 3.8) is 0 Å². The second-order valence-corrected chi connectivity index (χ2v) is 7.59. The quantitative estimate of drug-likeness (QED) is 0.813. The fraction of sp³-hybridized carbons (Fsp3) is 0.200. The fourth-order valence-corrected chi connectivity index (χ4v) is 3.54. The van der Waals surface area contributed by atoms with E-state index in [4.69, 9.17) is 10.9 Å². The maximum Gasteiger partial charge on any atom is 0.238 e. The molecule has 0 aliphatic heterocycles. The largest absolute Gasteiger partial charge is 0.398 e. The lowest BCUT2D eigenvalue weighted by atomic mass is 9.91. The summed E-state index contributed by atoms with van der Waals surface area (Å²) in [5, 5.41) is 5.34. The normalized spacial score (nSPS) is 11.9. The summed E-state index contributed by atoms with van der Waals surface area (Å²) in [4.78, 5) is 0.129. The molecular weight excluding hydrogens is 352 g/mol. The van der Waals surface area contributed by atoms with E-state index in [0.717, 1.165) is 15.6 Å². The second-order valence-electron chi connectivity index (χ2n) is 5.15. The molecule has 0 bridgehead atoms. The molecule has 0 unspecified atom stereocenters. The Morgan fingerprint density at radius 2 is 1.62 bits per heavy atom. The molecule has 0 heterocycles. The highest BCUT2D eigenvalue weighted by Gasteiger charge is 2.22. The molecule has 4 nitrogen and oxygen atoms in total. The number of nitrogens with two attached hydrogens (primary N) is 2. The summed E-state index contributed by atoms with van der Waals surface area (Å²) in [6.45, 7) is 3.84. The van der Waals surface area contributed by atoms with Crippen LogP contribution in [0.2, 0.25) is 0 Å². The maximum atomic E-state index is 11.8. The van der Waals surface area contributed by atoms with Gasteiger partial charge in [-0.3, -0.25) is 0 Å². The molecule has 0 spiro atoms. The van der Waals surface area contributed by atoms with Gasteiger partial charge in [-0.25, -0.2) is 13.6 Å². The number of hydrogen-bond acceptors (Lipinski definition) is 3. The van der Waals surface area contributed by atoms with E-state index in [-0.39, 0.29) is 10.8 Å². The number of anilines is 1. The molecule has 0 amide bonds. The van der Waals surface area contributed by atoms with Crippen molar-refractivity contribution in [2.75, 3.05) is 5.73 Å². The first-order valence-corrected chi connectivity index (χ1v) is 8.77. The number of nitrogen functional groups attached to an aromatic ring is 1. The van der Waals surface area contributed by atoms with E-state index in [1.54, 1.807) is 6.07 Å². The van der Waals surface area contributed by atoms with Gasteiger partial charge in [0.05, 0.1) is 4.90 Å². The third-order valence-corrected chi connectivity index (χ3v) is 4.75. The van der Waals surface area contributed by atoms with E-state index >= 15 is 0 Å². The summed E-state index contributed by atoms with van der Waals surface area (Å²) in [5.41, 5.74) is 8.87. The lowest BCUT2D eigenvalue weighted by molar-refractivity contribution is 0.595. The highest BCUT2D eigenvalue weighted by atomic mass is 79.9. The lowest BCUT2D eigenvalue weighted by Gasteiger charge is -2.19. The van der Waals surface area contributed by atoms with Gasteiger partial charge in [0, 0.05) is 15.7 Å². The Morgan fingerprint density at radius 3 is 2.10 bits per heavy atom. The van der Waals surface area contributed by atoms with E-state index < -0.39 is 10.0 Å². The second kappa shape index (κ2) is 5.79. The van der Waals surface area contributed by atoms with E-state index in [0.29, 0.717) is 11.3 Å². The van der Waals surface area contributed by atoms with Crippen LogP contribution in [-0.4, -0.2) is 8.42 Å². The van der Waals surface area contributed by atoms with Gasteiger partial charge in [-0.1, -0.05) is 41.9 Å². The Bertz CT molecular complexity index is 769. The molecule has 0 aromatic heterocycles. The van der Waals surface area contributed by atoms with Gasteiger partial charge in [-0.2, -0.15) is 0 Å². The number of hydrogen-bond donors (Lipinski definition) is 2. The minimum atomic E-state index is -3.80. The number of sulfonamides is 1. The minimum absolute atomic E-state index is 0.0273. The molecule has 2 aromatic rings. The lowest BCUT2D eigenvalue weighted by Crippen LogP contribution is -2.16. The molecule has 6 heteroatoms. The molecule has 2 aromatic carbocycles. The van der Waals surface area contributed by atoms with Gasteiger partial charge in [0.1, 0.15) is 0 Å². The Kier molecular flexibility index (Phi) is 4.41. The predicted octanol–water partition coefficient (Wildman–Crippen LogP) is 3.47. The van der Waals surface area contributed by atoms with E-state index in [2.05, 4.69) is 15.9 Å². The van der Waals surface area contributed by atoms with Gasteiger partial charge in [-0.15, -0.1) is 0 Å². The van der Waals surface area contributed by atoms with Gasteiger partial charge in [-0.05, 0) is 41.3 Å². The molecule has 0 saturated heterocycles. The molecule has 0 fully saturated rings. The van der Waals surface area contributed by atoms with Gasteiger partial charge in [0.2, 0.25) is 10.0 Å². The van der Waals surface area contributed by atoms with Crippen LogP contribution in [0, 0.1) is 0 Å². The Morgan fingerprint density at radius 1 is 1.05 bits per heavy atom. The molecule has 4 N–H and O–H groups in total. The Balaban J connectivity index is 2.84.